The van der Waals surface area contributed by atoms with Gasteiger partial charge >= 0.3 is 0 Å². The lowest BCUT2D eigenvalue weighted by molar-refractivity contribution is 0.0933. The van der Waals surface area contributed by atoms with E-state index in [1.165, 1.54) is 12.5 Å². The third-order valence-corrected chi connectivity index (χ3v) is 6.31. The van der Waals surface area contributed by atoms with Gasteiger partial charge in [0.1, 0.15) is 23.9 Å². The molecule has 7 nitrogen and oxygen atoms in total. The van der Waals surface area contributed by atoms with Crippen molar-refractivity contribution in [2.75, 3.05) is 6.61 Å². The van der Waals surface area contributed by atoms with Crippen molar-refractivity contribution < 1.29 is 24.2 Å². The van der Waals surface area contributed by atoms with Crippen LogP contribution in [0.5, 0.6) is 17.2 Å². The predicted octanol–water partition coefficient (Wildman–Crippen LogP) is 6.06. The molecule has 0 saturated heterocycles. The highest BCUT2D eigenvalue weighted by atomic mass is 16.5. The highest BCUT2D eigenvalue weighted by Crippen LogP contribution is 2.33. The number of aryl methyl sites for hydroxylation is 1. The number of nitrogens with one attached hydrogen (secondary N) is 1. The topological polar surface area (TPSA) is 97.8 Å². The van der Waals surface area contributed by atoms with E-state index in [0.717, 1.165) is 31.2 Å². The lowest BCUT2D eigenvalue weighted by Crippen LogP contribution is -2.33. The third-order valence-electron chi connectivity index (χ3n) is 6.31. The van der Waals surface area contributed by atoms with E-state index < -0.39 is 0 Å². The van der Waals surface area contributed by atoms with Crippen LogP contribution in [0.25, 0.3) is 0 Å². The minimum atomic E-state index is -0.190. The zero-order chi connectivity index (χ0) is 27.5. The van der Waals surface area contributed by atoms with Crippen LogP contribution >= 0.6 is 0 Å². The Morgan fingerprint density at radius 2 is 1.79 bits per heavy atom. The number of phenols is 1. The molecule has 0 aliphatic heterocycles. The number of Topliss-reactive ketones (excluding diaryl/α,β-unsaturated/α-hetero) is 1. The van der Waals surface area contributed by atoms with Crippen molar-refractivity contribution in [2.24, 2.45) is 0 Å². The van der Waals surface area contributed by atoms with E-state index in [1.54, 1.807) is 24.4 Å². The van der Waals surface area contributed by atoms with Gasteiger partial charge in [-0.05, 0) is 87.9 Å². The lowest BCUT2D eigenvalue weighted by Gasteiger charge is -2.17. The number of nitrogens with zero attached hydrogens (tertiary/aromatic N) is 1. The van der Waals surface area contributed by atoms with Gasteiger partial charge in [0, 0.05) is 24.0 Å². The maximum absolute atomic E-state index is 13.0. The number of pyridine rings is 1. The number of carbonyl (C=O) groups excluding carboxylic acids is 2. The average Bonchev–Trinajstić information content (AvgIpc) is 2.89. The minimum Gasteiger partial charge on any atom is -0.507 e. The van der Waals surface area contributed by atoms with Crippen LogP contribution in [0.15, 0.2) is 54.9 Å². The van der Waals surface area contributed by atoms with Crippen molar-refractivity contribution in [3.8, 4) is 17.2 Å². The zero-order valence-corrected chi connectivity index (χ0v) is 22.8. The second kappa shape index (κ2) is 14.2. The number of rotatable bonds is 14. The number of hydrogen-bond acceptors (Lipinski definition) is 6. The molecule has 202 valence electrons. The van der Waals surface area contributed by atoms with Gasteiger partial charge in [-0.3, -0.25) is 14.6 Å². The van der Waals surface area contributed by atoms with E-state index >= 15 is 0 Å². The van der Waals surface area contributed by atoms with Gasteiger partial charge in [-0.15, -0.1) is 0 Å². The molecule has 1 amide bonds. The number of phenolic OH excluding ortho intramolecular Hbond substituents is 1. The smallest absolute Gasteiger partial charge is 0.255 e. The van der Waals surface area contributed by atoms with Gasteiger partial charge in [0.25, 0.3) is 5.91 Å². The number of carbonyl (C=O) groups is 2. The van der Waals surface area contributed by atoms with Crippen molar-refractivity contribution >= 4 is 11.7 Å². The third kappa shape index (κ3) is 7.81. The van der Waals surface area contributed by atoms with E-state index in [2.05, 4.69) is 16.4 Å². The normalized spacial score (nSPS) is 11.6. The number of amides is 1. The largest absolute Gasteiger partial charge is 0.507 e. The Morgan fingerprint density at radius 3 is 2.47 bits per heavy atom. The molecule has 2 aromatic carbocycles. The van der Waals surface area contributed by atoms with Crippen LogP contribution in [0.3, 0.4) is 0 Å². The predicted molar refractivity (Wildman–Crippen MR) is 148 cm³/mol. The maximum Gasteiger partial charge on any atom is 0.255 e. The molecule has 0 fully saturated rings. The molecule has 0 spiro atoms. The standard InChI is InChI=1S/C31H38N2O5/c1-5-9-26-28(16-15-25(22(4)34)30(26)35)38-20-24-13-14-27(29(18-24)37-6-2)31(36)33-21(3)10-7-11-23-12-8-17-32-19-23/h8,12-19,21,35H,5-7,9-11,20H2,1-4H3,(H,33,36). The average molecular weight is 519 g/mol. The van der Waals surface area contributed by atoms with Crippen molar-refractivity contribution in [1.82, 2.24) is 10.3 Å². The van der Waals surface area contributed by atoms with Crippen molar-refractivity contribution in [2.45, 2.75) is 72.4 Å². The van der Waals surface area contributed by atoms with Crippen LogP contribution in [-0.2, 0) is 19.4 Å². The monoisotopic (exact) mass is 518 g/mol. The molecule has 0 aliphatic rings. The second-order valence-electron chi connectivity index (χ2n) is 9.42. The van der Waals surface area contributed by atoms with E-state index in [0.29, 0.717) is 41.2 Å². The first-order valence-electron chi connectivity index (χ1n) is 13.3. The molecule has 0 radical (unpaired) electrons. The molecule has 3 aromatic rings. The summed E-state index contributed by atoms with van der Waals surface area (Å²) in [5.41, 5.74) is 3.41. The number of aromatic nitrogens is 1. The summed E-state index contributed by atoms with van der Waals surface area (Å²) in [7, 11) is 0. The van der Waals surface area contributed by atoms with Crippen molar-refractivity contribution in [3.63, 3.8) is 0 Å². The summed E-state index contributed by atoms with van der Waals surface area (Å²) in [5, 5.41) is 13.7. The molecule has 1 atom stereocenters. The number of benzene rings is 2. The molecular formula is C31H38N2O5. The Morgan fingerprint density at radius 1 is 1.00 bits per heavy atom. The number of ketones is 1. The summed E-state index contributed by atoms with van der Waals surface area (Å²) in [6.45, 7) is 7.96. The fourth-order valence-electron chi connectivity index (χ4n) is 4.34. The van der Waals surface area contributed by atoms with Crippen LogP contribution in [-0.4, -0.2) is 34.4 Å². The summed E-state index contributed by atoms with van der Waals surface area (Å²) in [5.74, 6) is 0.647. The zero-order valence-electron chi connectivity index (χ0n) is 22.8. The molecule has 3 rings (SSSR count). The first kappa shape index (κ1) is 28.7. The van der Waals surface area contributed by atoms with Gasteiger partial charge in [-0.2, -0.15) is 0 Å². The molecule has 2 N–H and O–H groups in total. The van der Waals surface area contributed by atoms with E-state index in [-0.39, 0.29) is 30.1 Å². The molecule has 1 unspecified atom stereocenters. The molecule has 0 bridgehead atoms. The van der Waals surface area contributed by atoms with E-state index in [1.807, 2.05) is 45.2 Å². The van der Waals surface area contributed by atoms with Gasteiger partial charge < -0.3 is 19.9 Å². The number of hydrogen-bond donors (Lipinski definition) is 2. The Balaban J connectivity index is 1.66. The fraction of sp³-hybridized carbons (Fsp3) is 0.387. The fourth-order valence-corrected chi connectivity index (χ4v) is 4.34. The molecule has 0 saturated carbocycles. The SMILES string of the molecule is CCCc1c(OCc2ccc(C(=O)NC(C)CCCc3cccnc3)c(OCC)c2)ccc(C(C)=O)c1O. The number of aromatic hydroxyl groups is 1. The van der Waals surface area contributed by atoms with Crippen LogP contribution < -0.4 is 14.8 Å². The van der Waals surface area contributed by atoms with Crippen LogP contribution in [0, 0.1) is 0 Å². The summed E-state index contributed by atoms with van der Waals surface area (Å²) < 4.78 is 11.8. The lowest BCUT2D eigenvalue weighted by atomic mass is 10.0. The molecule has 0 aliphatic carbocycles. The van der Waals surface area contributed by atoms with Crippen molar-refractivity contribution in [1.29, 1.82) is 0 Å². The van der Waals surface area contributed by atoms with Crippen molar-refractivity contribution in [3.05, 3.63) is 82.7 Å². The van der Waals surface area contributed by atoms with Gasteiger partial charge in [0.15, 0.2) is 5.78 Å². The molecule has 1 aromatic heterocycles. The van der Waals surface area contributed by atoms with E-state index in [4.69, 9.17) is 9.47 Å². The molecule has 7 heteroatoms. The minimum absolute atomic E-state index is 0.0132. The Labute approximate surface area is 225 Å². The van der Waals surface area contributed by atoms with Gasteiger partial charge in [0.2, 0.25) is 0 Å². The number of ether oxygens (including phenoxy) is 2. The highest BCUT2D eigenvalue weighted by Gasteiger charge is 2.18. The van der Waals surface area contributed by atoms with Crippen LogP contribution in [0.1, 0.15) is 84.4 Å². The Kier molecular flexibility index (Phi) is 10.7. The summed E-state index contributed by atoms with van der Waals surface area (Å²) in [6.07, 6.45) is 7.74. The summed E-state index contributed by atoms with van der Waals surface area (Å²) in [6, 6.07) is 12.7. The second-order valence-corrected chi connectivity index (χ2v) is 9.42. The van der Waals surface area contributed by atoms with Gasteiger partial charge in [-0.1, -0.05) is 25.5 Å². The quantitative estimate of drug-likeness (QED) is 0.252. The summed E-state index contributed by atoms with van der Waals surface area (Å²) in [4.78, 5) is 29.0. The first-order chi connectivity index (χ1) is 18.3. The molecule has 1 heterocycles. The Hall–Kier alpha value is -3.87. The first-order valence-corrected chi connectivity index (χ1v) is 13.3. The highest BCUT2D eigenvalue weighted by molar-refractivity contribution is 5.98. The molecular weight excluding hydrogens is 480 g/mol. The molecule has 38 heavy (non-hydrogen) atoms. The van der Waals surface area contributed by atoms with Crippen LogP contribution in [0.4, 0.5) is 0 Å². The summed E-state index contributed by atoms with van der Waals surface area (Å²) >= 11 is 0. The van der Waals surface area contributed by atoms with Gasteiger partial charge in [0.05, 0.1) is 17.7 Å². The van der Waals surface area contributed by atoms with Crippen LogP contribution in [0.2, 0.25) is 0 Å². The van der Waals surface area contributed by atoms with Gasteiger partial charge in [-0.25, -0.2) is 0 Å². The maximum atomic E-state index is 13.0. The Bertz CT molecular complexity index is 1230. The van der Waals surface area contributed by atoms with E-state index in [9.17, 15) is 14.7 Å².